The molecule has 3 N–H and O–H groups in total. The molecule has 0 unspecified atom stereocenters. The van der Waals surface area contributed by atoms with Gasteiger partial charge >= 0.3 is 0 Å². The van der Waals surface area contributed by atoms with E-state index in [1.165, 1.54) is 0 Å². The van der Waals surface area contributed by atoms with Crippen LogP contribution in [0.4, 0.5) is 0 Å². The van der Waals surface area contributed by atoms with Crippen LogP contribution in [0.2, 0.25) is 0 Å². The van der Waals surface area contributed by atoms with Crippen molar-refractivity contribution in [2.24, 2.45) is 0 Å². The Labute approximate surface area is 193 Å². The van der Waals surface area contributed by atoms with Crippen molar-refractivity contribution in [1.29, 1.82) is 0 Å². The number of aromatic amines is 1. The molecular formula is C23H22N4O3S2. The van der Waals surface area contributed by atoms with Crippen LogP contribution >= 0.6 is 23.6 Å². The SMILES string of the molecule is Cc1ccc(CNC(=O)c2ccc3c(=O)[nH]c4c(C(=O)NC(C)C)sc(=S)n4c3c2)cc1. The molecule has 0 aliphatic carbocycles. The van der Waals surface area contributed by atoms with Crippen molar-refractivity contribution in [2.75, 3.05) is 0 Å². The normalized spacial score (nSPS) is 11.2. The van der Waals surface area contributed by atoms with E-state index in [1.54, 1.807) is 22.6 Å². The average molecular weight is 467 g/mol. The number of nitrogens with one attached hydrogen (secondary N) is 3. The molecule has 32 heavy (non-hydrogen) atoms. The topological polar surface area (TPSA) is 95.5 Å². The first-order valence-corrected chi connectivity index (χ1v) is 11.3. The zero-order valence-electron chi connectivity index (χ0n) is 17.8. The molecule has 164 valence electrons. The molecule has 2 aromatic heterocycles. The zero-order valence-corrected chi connectivity index (χ0v) is 19.4. The van der Waals surface area contributed by atoms with Crippen LogP contribution in [-0.2, 0) is 6.54 Å². The molecule has 2 aromatic carbocycles. The molecule has 0 aliphatic rings. The third-order valence-electron chi connectivity index (χ3n) is 4.99. The average Bonchev–Trinajstić information content (AvgIpc) is 3.09. The van der Waals surface area contributed by atoms with Crippen molar-refractivity contribution in [3.05, 3.63) is 78.3 Å². The highest BCUT2D eigenvalue weighted by Gasteiger charge is 2.19. The Morgan fingerprint density at radius 1 is 1.12 bits per heavy atom. The van der Waals surface area contributed by atoms with Crippen molar-refractivity contribution in [3.63, 3.8) is 0 Å². The van der Waals surface area contributed by atoms with Gasteiger partial charge in [0.1, 0.15) is 10.5 Å². The summed E-state index contributed by atoms with van der Waals surface area (Å²) in [4.78, 5) is 41.2. The summed E-state index contributed by atoms with van der Waals surface area (Å²) in [5.41, 5.74) is 3.00. The lowest BCUT2D eigenvalue weighted by Gasteiger charge is -2.09. The first-order valence-electron chi connectivity index (χ1n) is 10.1. The number of aromatic nitrogens is 2. The van der Waals surface area contributed by atoms with E-state index in [2.05, 4.69) is 15.6 Å². The summed E-state index contributed by atoms with van der Waals surface area (Å²) in [6, 6.07) is 12.7. The number of benzene rings is 2. The second-order valence-electron chi connectivity index (χ2n) is 7.86. The largest absolute Gasteiger partial charge is 0.349 e. The molecule has 7 nitrogen and oxygen atoms in total. The van der Waals surface area contributed by atoms with Crippen molar-refractivity contribution in [2.45, 2.75) is 33.4 Å². The molecule has 9 heteroatoms. The molecule has 0 spiro atoms. The molecule has 0 atom stereocenters. The van der Waals surface area contributed by atoms with Crippen LogP contribution in [-0.4, -0.2) is 27.2 Å². The third kappa shape index (κ3) is 4.21. The van der Waals surface area contributed by atoms with Gasteiger partial charge in [-0.1, -0.05) is 41.2 Å². The number of H-pyrrole nitrogens is 1. The van der Waals surface area contributed by atoms with E-state index in [0.717, 1.165) is 22.5 Å². The highest BCUT2D eigenvalue weighted by atomic mass is 32.1. The zero-order chi connectivity index (χ0) is 23.0. The number of hydrogen-bond acceptors (Lipinski definition) is 5. The maximum atomic E-state index is 12.8. The summed E-state index contributed by atoms with van der Waals surface area (Å²) < 4.78 is 2.05. The number of hydrogen-bond donors (Lipinski definition) is 3. The van der Waals surface area contributed by atoms with Gasteiger partial charge in [0.05, 0.1) is 10.9 Å². The maximum Gasteiger partial charge on any atom is 0.265 e. The Morgan fingerprint density at radius 3 is 2.53 bits per heavy atom. The summed E-state index contributed by atoms with van der Waals surface area (Å²) in [5.74, 6) is -0.568. The molecule has 0 saturated heterocycles. The number of carbonyl (C=O) groups is 2. The van der Waals surface area contributed by atoms with Crippen molar-refractivity contribution >= 4 is 51.9 Å². The Bertz CT molecular complexity index is 1460. The van der Waals surface area contributed by atoms with Crippen LogP contribution in [0.1, 0.15) is 45.0 Å². The molecule has 2 amide bonds. The maximum absolute atomic E-state index is 12.8. The van der Waals surface area contributed by atoms with Gasteiger partial charge in [-0.3, -0.25) is 18.8 Å². The predicted molar refractivity (Wildman–Crippen MR) is 129 cm³/mol. The van der Waals surface area contributed by atoms with Gasteiger partial charge in [0.25, 0.3) is 17.4 Å². The molecular weight excluding hydrogens is 444 g/mol. The number of rotatable bonds is 5. The summed E-state index contributed by atoms with van der Waals surface area (Å²) in [6.07, 6.45) is 0. The Kier molecular flexibility index (Phi) is 5.94. The van der Waals surface area contributed by atoms with Crippen LogP contribution in [0.5, 0.6) is 0 Å². The van der Waals surface area contributed by atoms with Gasteiger partial charge in [-0.05, 0) is 56.8 Å². The van der Waals surface area contributed by atoms with Crippen molar-refractivity contribution in [3.8, 4) is 0 Å². The van der Waals surface area contributed by atoms with Gasteiger partial charge < -0.3 is 15.6 Å². The molecule has 0 aliphatic heterocycles. The van der Waals surface area contributed by atoms with Gasteiger partial charge in [0.2, 0.25) is 0 Å². The van der Waals surface area contributed by atoms with Crippen LogP contribution in [0.15, 0.2) is 47.3 Å². The first kappa shape index (κ1) is 21.9. The molecule has 0 bridgehead atoms. The van der Waals surface area contributed by atoms with Gasteiger partial charge in [0.15, 0.2) is 3.95 Å². The van der Waals surface area contributed by atoms with Gasteiger partial charge in [-0.25, -0.2) is 0 Å². The summed E-state index contributed by atoms with van der Waals surface area (Å²) in [6.45, 7) is 6.11. The first-order chi connectivity index (χ1) is 15.2. The lowest BCUT2D eigenvalue weighted by Crippen LogP contribution is -2.30. The third-order valence-corrected chi connectivity index (χ3v) is 6.36. The minimum Gasteiger partial charge on any atom is -0.349 e. The minimum atomic E-state index is -0.349. The van der Waals surface area contributed by atoms with Crippen LogP contribution in [0.25, 0.3) is 16.6 Å². The number of carbonyl (C=O) groups excluding carboxylic acids is 2. The van der Waals surface area contributed by atoms with Crippen LogP contribution < -0.4 is 16.2 Å². The number of nitrogens with zero attached hydrogens (tertiary/aromatic N) is 1. The van der Waals surface area contributed by atoms with Gasteiger partial charge in [0, 0.05) is 18.2 Å². The Hall–Kier alpha value is -3.30. The fourth-order valence-corrected chi connectivity index (χ4v) is 4.69. The van der Waals surface area contributed by atoms with Gasteiger partial charge in [-0.15, -0.1) is 0 Å². The number of fused-ring (bicyclic) bond motifs is 3. The van der Waals surface area contributed by atoms with E-state index in [4.69, 9.17) is 12.2 Å². The summed E-state index contributed by atoms with van der Waals surface area (Å²) in [5, 5.41) is 6.11. The van der Waals surface area contributed by atoms with E-state index in [1.807, 2.05) is 45.0 Å². The second-order valence-corrected chi connectivity index (χ2v) is 9.51. The standard InChI is InChI=1S/C23H22N4O3S2/c1-12(2)25-22(30)18-19-26-21(29)16-9-8-15(10-17(16)27(19)23(31)32-18)20(28)24-11-14-6-4-13(3)5-7-14/h4-10,12H,11H2,1-3H3,(H,24,28)(H,25,30)(H,26,29). The van der Waals surface area contributed by atoms with Gasteiger partial charge in [-0.2, -0.15) is 0 Å². The highest BCUT2D eigenvalue weighted by molar-refractivity contribution is 7.73. The summed E-state index contributed by atoms with van der Waals surface area (Å²) in [7, 11) is 0. The lowest BCUT2D eigenvalue weighted by molar-refractivity contribution is 0.0941. The minimum absolute atomic E-state index is 0.0609. The predicted octanol–water partition coefficient (Wildman–Crippen LogP) is 3.95. The summed E-state index contributed by atoms with van der Waals surface area (Å²) >= 11 is 6.61. The molecule has 0 radical (unpaired) electrons. The number of aryl methyl sites for hydroxylation is 1. The van der Waals surface area contributed by atoms with E-state index >= 15 is 0 Å². The van der Waals surface area contributed by atoms with Crippen LogP contribution in [0, 0.1) is 10.9 Å². The Morgan fingerprint density at radius 2 is 1.84 bits per heavy atom. The quantitative estimate of drug-likeness (QED) is 0.388. The fourth-order valence-electron chi connectivity index (χ4n) is 3.40. The molecule has 0 saturated carbocycles. The molecule has 4 rings (SSSR count). The fraction of sp³-hybridized carbons (Fsp3) is 0.217. The number of thiazole rings is 1. The second kappa shape index (κ2) is 8.68. The van der Waals surface area contributed by atoms with Crippen molar-refractivity contribution < 1.29 is 9.59 Å². The van der Waals surface area contributed by atoms with E-state index in [-0.39, 0.29) is 23.4 Å². The van der Waals surface area contributed by atoms with E-state index in [0.29, 0.717) is 37.5 Å². The van der Waals surface area contributed by atoms with Crippen molar-refractivity contribution in [1.82, 2.24) is 20.0 Å². The molecule has 2 heterocycles. The molecule has 0 fully saturated rings. The van der Waals surface area contributed by atoms with Crippen LogP contribution in [0.3, 0.4) is 0 Å². The van der Waals surface area contributed by atoms with E-state index < -0.39 is 0 Å². The Balaban J connectivity index is 1.74. The number of amides is 2. The van der Waals surface area contributed by atoms with E-state index in [9.17, 15) is 14.4 Å². The molecule has 4 aromatic rings. The smallest absolute Gasteiger partial charge is 0.265 e. The highest BCUT2D eigenvalue weighted by Crippen LogP contribution is 2.23. The lowest BCUT2D eigenvalue weighted by atomic mass is 10.1. The monoisotopic (exact) mass is 466 g/mol.